The maximum Gasteiger partial charge on any atom is 0.264 e. The lowest BCUT2D eigenvalue weighted by Crippen LogP contribution is -2.06. The van der Waals surface area contributed by atoms with Gasteiger partial charge in [-0.3, -0.25) is 4.55 Å². The molecule has 4 nitrogen and oxygen atoms in total. The second-order valence-electron chi connectivity index (χ2n) is 7.10. The molecular formula is C22H34O4S. The molecule has 5 heteroatoms. The number of aliphatic hydroxyl groups excluding tert-OH is 1. The first-order chi connectivity index (χ1) is 13.0. The molecule has 0 unspecified atom stereocenters. The van der Waals surface area contributed by atoms with E-state index in [4.69, 9.17) is 4.55 Å². The number of hydrogen-bond donors (Lipinski definition) is 2. The van der Waals surface area contributed by atoms with Crippen molar-refractivity contribution in [3.05, 3.63) is 35.9 Å². The molecule has 0 fully saturated rings. The zero-order valence-corrected chi connectivity index (χ0v) is 17.1. The van der Waals surface area contributed by atoms with Gasteiger partial charge in [-0.05, 0) is 18.4 Å². The van der Waals surface area contributed by atoms with Gasteiger partial charge in [0.2, 0.25) is 0 Å². The average molecular weight is 395 g/mol. The van der Waals surface area contributed by atoms with Gasteiger partial charge in [-0.2, -0.15) is 8.42 Å². The third-order valence-electron chi connectivity index (χ3n) is 4.49. The summed E-state index contributed by atoms with van der Waals surface area (Å²) in [6.07, 6.45) is 11.6. The Labute approximate surface area is 165 Å². The van der Waals surface area contributed by atoms with Crippen molar-refractivity contribution < 1.29 is 18.1 Å². The van der Waals surface area contributed by atoms with Crippen molar-refractivity contribution in [3.8, 4) is 11.8 Å². The van der Waals surface area contributed by atoms with Crippen LogP contribution in [0.3, 0.4) is 0 Å². The zero-order valence-electron chi connectivity index (χ0n) is 16.3. The van der Waals surface area contributed by atoms with Crippen LogP contribution in [0, 0.1) is 11.8 Å². The van der Waals surface area contributed by atoms with E-state index in [0.717, 1.165) is 37.7 Å². The van der Waals surface area contributed by atoms with Gasteiger partial charge in [0.1, 0.15) is 6.10 Å². The Morgan fingerprint density at radius 3 is 1.89 bits per heavy atom. The zero-order chi connectivity index (χ0) is 19.8. The largest absolute Gasteiger partial charge is 0.380 e. The maximum absolute atomic E-state index is 10.6. The molecule has 0 saturated carbocycles. The minimum Gasteiger partial charge on any atom is -0.380 e. The second-order valence-corrected chi connectivity index (χ2v) is 8.67. The van der Waals surface area contributed by atoms with Crippen LogP contribution in [-0.2, 0) is 16.5 Å². The normalized spacial score (nSPS) is 12.4. The Balaban J connectivity index is 1.88. The fourth-order valence-corrected chi connectivity index (χ4v) is 3.56. The first-order valence-corrected chi connectivity index (χ1v) is 11.7. The van der Waals surface area contributed by atoms with Crippen molar-refractivity contribution in [2.45, 2.75) is 83.2 Å². The van der Waals surface area contributed by atoms with E-state index in [1.807, 2.05) is 30.3 Å². The smallest absolute Gasteiger partial charge is 0.264 e. The van der Waals surface area contributed by atoms with Crippen LogP contribution in [0.15, 0.2) is 30.3 Å². The molecule has 0 radical (unpaired) electrons. The Morgan fingerprint density at radius 2 is 1.33 bits per heavy atom. The molecule has 0 spiro atoms. The van der Waals surface area contributed by atoms with Gasteiger partial charge in [0.15, 0.2) is 0 Å². The van der Waals surface area contributed by atoms with E-state index in [9.17, 15) is 13.5 Å². The summed E-state index contributed by atoms with van der Waals surface area (Å²) >= 11 is 0. The van der Waals surface area contributed by atoms with Crippen molar-refractivity contribution in [3.63, 3.8) is 0 Å². The molecule has 0 heterocycles. The Kier molecular flexibility index (Phi) is 12.9. The first-order valence-electron chi connectivity index (χ1n) is 10.1. The molecule has 152 valence electrons. The molecule has 0 aliphatic rings. The van der Waals surface area contributed by atoms with Gasteiger partial charge in [0, 0.05) is 12.8 Å². The monoisotopic (exact) mass is 394 g/mol. The molecular weight excluding hydrogens is 360 g/mol. The fourth-order valence-electron chi connectivity index (χ4n) is 2.99. The number of benzene rings is 1. The molecule has 1 rings (SSSR count). The Bertz CT molecular complexity index is 644. The van der Waals surface area contributed by atoms with Crippen molar-refractivity contribution in [2.24, 2.45) is 0 Å². The van der Waals surface area contributed by atoms with Crippen molar-refractivity contribution >= 4 is 10.1 Å². The second kappa shape index (κ2) is 14.7. The van der Waals surface area contributed by atoms with Crippen LogP contribution in [-0.4, -0.2) is 29.9 Å². The fraction of sp³-hybridized carbons (Fsp3) is 0.636. The van der Waals surface area contributed by atoms with Crippen LogP contribution >= 0.6 is 0 Å². The highest BCUT2D eigenvalue weighted by Crippen LogP contribution is 2.11. The molecule has 1 aromatic carbocycles. The molecule has 1 aromatic rings. The van der Waals surface area contributed by atoms with Gasteiger partial charge in [0.05, 0.1) is 5.75 Å². The van der Waals surface area contributed by atoms with Crippen molar-refractivity contribution in [1.29, 1.82) is 0 Å². The molecule has 0 aliphatic heterocycles. The highest BCUT2D eigenvalue weighted by Gasteiger charge is 2.03. The maximum atomic E-state index is 10.6. The van der Waals surface area contributed by atoms with E-state index < -0.39 is 16.2 Å². The predicted octanol–water partition coefficient (Wildman–Crippen LogP) is 4.77. The van der Waals surface area contributed by atoms with Crippen molar-refractivity contribution in [2.75, 3.05) is 5.75 Å². The third kappa shape index (κ3) is 15.4. The van der Waals surface area contributed by atoms with E-state index in [1.165, 1.54) is 32.1 Å². The van der Waals surface area contributed by atoms with E-state index in [-0.39, 0.29) is 5.75 Å². The van der Waals surface area contributed by atoms with Gasteiger partial charge in [-0.25, -0.2) is 0 Å². The van der Waals surface area contributed by atoms with E-state index in [2.05, 4.69) is 11.8 Å². The lowest BCUT2D eigenvalue weighted by Gasteiger charge is -2.03. The number of rotatable bonds is 14. The third-order valence-corrected chi connectivity index (χ3v) is 5.30. The lowest BCUT2D eigenvalue weighted by molar-refractivity contribution is 0.233. The quantitative estimate of drug-likeness (QED) is 0.271. The van der Waals surface area contributed by atoms with Gasteiger partial charge in [0.25, 0.3) is 10.1 Å². The van der Waals surface area contributed by atoms with Crippen LogP contribution < -0.4 is 0 Å². The minimum absolute atomic E-state index is 0.112. The highest BCUT2D eigenvalue weighted by molar-refractivity contribution is 7.85. The van der Waals surface area contributed by atoms with Gasteiger partial charge >= 0.3 is 0 Å². The topological polar surface area (TPSA) is 74.6 Å². The summed E-state index contributed by atoms with van der Waals surface area (Å²) in [5, 5.41) is 9.90. The molecule has 27 heavy (non-hydrogen) atoms. The summed E-state index contributed by atoms with van der Waals surface area (Å²) in [4.78, 5) is 0. The molecule has 0 aliphatic carbocycles. The average Bonchev–Trinajstić information content (AvgIpc) is 2.62. The van der Waals surface area contributed by atoms with Crippen molar-refractivity contribution in [1.82, 2.24) is 0 Å². The number of hydrogen-bond acceptors (Lipinski definition) is 3. The minimum atomic E-state index is -3.78. The summed E-state index contributed by atoms with van der Waals surface area (Å²) in [5.41, 5.74) is 1.11. The molecule has 0 saturated heterocycles. The molecule has 0 aromatic heterocycles. The summed E-state index contributed by atoms with van der Waals surface area (Å²) in [6, 6.07) is 9.92. The lowest BCUT2D eigenvalue weighted by atomic mass is 10.1. The van der Waals surface area contributed by atoms with Gasteiger partial charge < -0.3 is 5.11 Å². The molecule has 1 atom stereocenters. The van der Waals surface area contributed by atoms with Gasteiger partial charge in [-0.15, -0.1) is 5.92 Å². The highest BCUT2D eigenvalue weighted by atomic mass is 32.2. The van der Waals surface area contributed by atoms with Crippen LogP contribution in [0.25, 0.3) is 0 Å². The number of unbranched alkanes of at least 4 members (excludes halogenated alkanes) is 10. The SMILES string of the molecule is O=S(=O)(O)CCCCCCCCCCCCC#C[C@@H](O)Cc1ccccc1. The first kappa shape index (κ1) is 23.7. The molecule has 0 bridgehead atoms. The standard InChI is InChI=1S/C22H34O4S/c23-22(20-21-16-12-11-13-17-21)18-14-9-7-5-3-1-2-4-6-8-10-15-19-27(24,25)26/h11-13,16-17,22-23H,1-10,15,19-20H2,(H,24,25,26)/t22-/m1/s1. The summed E-state index contributed by atoms with van der Waals surface area (Å²) in [5.74, 6) is 5.90. The summed E-state index contributed by atoms with van der Waals surface area (Å²) < 4.78 is 29.8. The van der Waals surface area contributed by atoms with Crippen LogP contribution in [0.2, 0.25) is 0 Å². The molecule has 2 N–H and O–H groups in total. The van der Waals surface area contributed by atoms with E-state index in [0.29, 0.717) is 12.8 Å². The van der Waals surface area contributed by atoms with E-state index in [1.54, 1.807) is 0 Å². The Morgan fingerprint density at radius 1 is 0.815 bits per heavy atom. The van der Waals surface area contributed by atoms with Crippen LogP contribution in [0.5, 0.6) is 0 Å². The van der Waals surface area contributed by atoms with E-state index >= 15 is 0 Å². The number of aliphatic hydroxyl groups is 1. The summed E-state index contributed by atoms with van der Waals surface area (Å²) in [6.45, 7) is 0. The Hall–Kier alpha value is -1.35. The van der Waals surface area contributed by atoms with Crippen LogP contribution in [0.4, 0.5) is 0 Å². The predicted molar refractivity (Wildman–Crippen MR) is 111 cm³/mol. The van der Waals surface area contributed by atoms with Gasteiger partial charge in [-0.1, -0.05) is 87.6 Å². The molecule has 0 amide bonds. The summed E-state index contributed by atoms with van der Waals surface area (Å²) in [7, 11) is -3.78. The van der Waals surface area contributed by atoms with Crippen LogP contribution in [0.1, 0.15) is 76.2 Å².